The zero-order valence-electron chi connectivity index (χ0n) is 14.0. The molecule has 5 rings (SSSR count). The molecule has 0 unspecified atom stereocenters. The molecule has 1 aromatic rings. The molecular formula is C19H21NO5. The van der Waals surface area contributed by atoms with Crippen molar-refractivity contribution in [3.63, 3.8) is 0 Å². The first-order valence-corrected chi connectivity index (χ1v) is 9.14. The van der Waals surface area contributed by atoms with E-state index in [2.05, 4.69) is 0 Å². The van der Waals surface area contributed by atoms with Gasteiger partial charge in [-0.25, -0.2) is 4.79 Å². The van der Waals surface area contributed by atoms with Crippen LogP contribution in [0.2, 0.25) is 0 Å². The number of ether oxygens (including phenoxy) is 2. The fourth-order valence-corrected chi connectivity index (χ4v) is 6.06. The van der Waals surface area contributed by atoms with E-state index in [9.17, 15) is 14.9 Å². The number of benzene rings is 1. The van der Waals surface area contributed by atoms with Gasteiger partial charge < -0.3 is 9.47 Å². The lowest BCUT2D eigenvalue weighted by atomic mass is 9.39. The molecule has 1 aliphatic heterocycles. The molecule has 132 valence electrons. The minimum absolute atomic E-state index is 0.0146. The Morgan fingerprint density at radius 3 is 2.68 bits per heavy atom. The predicted molar refractivity (Wildman–Crippen MR) is 88.1 cm³/mol. The zero-order valence-corrected chi connectivity index (χ0v) is 14.0. The average Bonchev–Trinajstić information content (AvgIpc) is 2.75. The predicted octanol–water partition coefficient (Wildman–Crippen LogP) is 3.63. The molecule has 1 spiro atoms. The highest BCUT2D eigenvalue weighted by molar-refractivity contribution is 5.89. The fourth-order valence-electron chi connectivity index (χ4n) is 6.06. The van der Waals surface area contributed by atoms with Gasteiger partial charge in [0.2, 0.25) is 0 Å². The first-order valence-electron chi connectivity index (χ1n) is 9.14. The first kappa shape index (κ1) is 15.3. The van der Waals surface area contributed by atoms with Crippen molar-refractivity contribution in [2.45, 2.75) is 63.3 Å². The molecule has 0 aromatic heterocycles. The van der Waals surface area contributed by atoms with Crippen molar-refractivity contribution < 1.29 is 19.2 Å². The summed E-state index contributed by atoms with van der Waals surface area (Å²) < 4.78 is 12.1. The molecule has 3 aliphatic carbocycles. The first-order chi connectivity index (χ1) is 12.0. The van der Waals surface area contributed by atoms with Crippen molar-refractivity contribution in [3.05, 3.63) is 39.9 Å². The monoisotopic (exact) mass is 343 g/mol. The quantitative estimate of drug-likeness (QED) is 0.476. The third-order valence-electron chi connectivity index (χ3n) is 7.26. The summed E-state index contributed by atoms with van der Waals surface area (Å²) in [6.45, 7) is 0. The van der Waals surface area contributed by atoms with Gasteiger partial charge in [-0.05, 0) is 49.7 Å². The standard InChI is InChI=1S/C19H21NO5/c21-17(12-3-5-13(6-4-12)20(22)23)25-14-9-18-7-1-2-8-19(18)10-15(14)24-16(19)11-18/h3-6,14-16H,1-2,7-11H2/t14-,15-,16+,18+,19-/m0/s1. The number of nitrogens with zero attached hydrogens (tertiary/aromatic N) is 1. The van der Waals surface area contributed by atoms with E-state index in [1.54, 1.807) is 0 Å². The molecule has 6 heteroatoms. The number of nitro groups is 1. The second-order valence-electron chi connectivity index (χ2n) is 8.17. The van der Waals surface area contributed by atoms with Crippen LogP contribution in [0.15, 0.2) is 24.3 Å². The number of carbonyl (C=O) groups excluding carboxylic acids is 1. The molecule has 0 N–H and O–H groups in total. The molecule has 0 radical (unpaired) electrons. The Bertz CT molecular complexity index is 747. The van der Waals surface area contributed by atoms with Crippen LogP contribution >= 0.6 is 0 Å². The highest BCUT2D eigenvalue weighted by Crippen LogP contribution is 2.75. The van der Waals surface area contributed by atoms with Crippen molar-refractivity contribution >= 4 is 11.7 Å². The third kappa shape index (κ3) is 1.97. The van der Waals surface area contributed by atoms with E-state index >= 15 is 0 Å². The smallest absolute Gasteiger partial charge is 0.338 e. The van der Waals surface area contributed by atoms with Gasteiger partial charge in [0.1, 0.15) is 6.10 Å². The molecule has 1 saturated heterocycles. The van der Waals surface area contributed by atoms with Crippen LogP contribution in [-0.4, -0.2) is 29.2 Å². The second-order valence-corrected chi connectivity index (χ2v) is 8.17. The van der Waals surface area contributed by atoms with Crippen LogP contribution in [0.4, 0.5) is 5.69 Å². The summed E-state index contributed by atoms with van der Waals surface area (Å²) in [7, 11) is 0. The Labute approximate surface area is 145 Å². The van der Waals surface area contributed by atoms with Gasteiger partial charge in [-0.15, -0.1) is 0 Å². The normalized spacial score (nSPS) is 40.7. The molecule has 4 fully saturated rings. The number of hydrogen-bond donors (Lipinski definition) is 0. The van der Waals surface area contributed by atoms with Crippen LogP contribution in [0.1, 0.15) is 55.3 Å². The number of hydrogen-bond acceptors (Lipinski definition) is 5. The van der Waals surface area contributed by atoms with Crippen LogP contribution in [0.5, 0.6) is 0 Å². The van der Waals surface area contributed by atoms with Crippen LogP contribution < -0.4 is 0 Å². The Hall–Kier alpha value is -1.95. The van der Waals surface area contributed by atoms with Gasteiger partial charge in [0.05, 0.1) is 22.7 Å². The number of non-ortho nitro benzene ring substituents is 1. The van der Waals surface area contributed by atoms with Gasteiger partial charge in [-0.3, -0.25) is 10.1 Å². The van der Waals surface area contributed by atoms with E-state index in [0.29, 0.717) is 22.5 Å². The van der Waals surface area contributed by atoms with Gasteiger partial charge in [-0.1, -0.05) is 12.8 Å². The lowest BCUT2D eigenvalue weighted by Crippen LogP contribution is -2.63. The molecule has 25 heavy (non-hydrogen) atoms. The molecular weight excluding hydrogens is 322 g/mol. The molecule has 1 heterocycles. The van der Waals surface area contributed by atoms with E-state index in [4.69, 9.17) is 9.47 Å². The fraction of sp³-hybridized carbons (Fsp3) is 0.632. The largest absolute Gasteiger partial charge is 0.456 e. The minimum Gasteiger partial charge on any atom is -0.456 e. The Morgan fingerprint density at radius 2 is 1.92 bits per heavy atom. The molecule has 5 atom stereocenters. The molecule has 3 saturated carbocycles. The van der Waals surface area contributed by atoms with Crippen molar-refractivity contribution in [3.8, 4) is 0 Å². The van der Waals surface area contributed by atoms with Crippen molar-refractivity contribution in [2.24, 2.45) is 10.8 Å². The van der Waals surface area contributed by atoms with Crippen molar-refractivity contribution in [1.82, 2.24) is 0 Å². The van der Waals surface area contributed by atoms with E-state index in [-0.39, 0.29) is 17.9 Å². The van der Waals surface area contributed by atoms with Crippen molar-refractivity contribution in [1.29, 1.82) is 0 Å². The Kier molecular flexibility index (Phi) is 3.08. The number of esters is 1. The van der Waals surface area contributed by atoms with Crippen LogP contribution in [0, 0.1) is 20.9 Å². The summed E-state index contributed by atoms with van der Waals surface area (Å²) in [5, 5.41) is 10.7. The lowest BCUT2D eigenvalue weighted by molar-refractivity contribution is -0.384. The number of nitro benzene ring substituents is 1. The summed E-state index contributed by atoms with van der Waals surface area (Å²) in [6, 6.07) is 5.60. The maximum atomic E-state index is 12.5. The van der Waals surface area contributed by atoms with Crippen LogP contribution in [0.3, 0.4) is 0 Å². The lowest BCUT2D eigenvalue weighted by Gasteiger charge is -2.65. The third-order valence-corrected chi connectivity index (χ3v) is 7.26. The second kappa shape index (κ2) is 5.04. The summed E-state index contributed by atoms with van der Waals surface area (Å²) in [6.07, 6.45) is 8.28. The summed E-state index contributed by atoms with van der Waals surface area (Å²) in [5.74, 6) is -0.410. The SMILES string of the molecule is O=C(O[C@H]1C[C@@]23CCCC[C@@]24C[C@@H]1O[C@@H]4C3)c1ccc([N+](=O)[O-])cc1. The van der Waals surface area contributed by atoms with E-state index in [1.165, 1.54) is 49.9 Å². The molecule has 0 amide bonds. The highest BCUT2D eigenvalue weighted by Gasteiger charge is 2.74. The number of fused-ring (bicyclic) bond motifs is 1. The number of rotatable bonds is 3. The van der Waals surface area contributed by atoms with Gasteiger partial charge in [0.25, 0.3) is 5.69 Å². The van der Waals surface area contributed by atoms with E-state index in [0.717, 1.165) is 19.3 Å². The maximum Gasteiger partial charge on any atom is 0.338 e. The van der Waals surface area contributed by atoms with Crippen LogP contribution in [0.25, 0.3) is 0 Å². The number of carbonyl (C=O) groups is 1. The maximum absolute atomic E-state index is 12.5. The van der Waals surface area contributed by atoms with Gasteiger partial charge >= 0.3 is 5.97 Å². The van der Waals surface area contributed by atoms with Gasteiger partial charge in [0, 0.05) is 17.5 Å². The molecule has 2 bridgehead atoms. The summed E-state index contributed by atoms with van der Waals surface area (Å²) >= 11 is 0. The van der Waals surface area contributed by atoms with E-state index < -0.39 is 10.9 Å². The topological polar surface area (TPSA) is 78.7 Å². The van der Waals surface area contributed by atoms with E-state index in [1.807, 2.05) is 0 Å². The Balaban J connectivity index is 1.33. The van der Waals surface area contributed by atoms with Crippen molar-refractivity contribution in [2.75, 3.05) is 0 Å². The molecule has 6 nitrogen and oxygen atoms in total. The summed E-state index contributed by atoms with van der Waals surface area (Å²) in [5.41, 5.74) is 0.990. The molecule has 1 aromatic carbocycles. The summed E-state index contributed by atoms with van der Waals surface area (Å²) in [4.78, 5) is 22.8. The van der Waals surface area contributed by atoms with Gasteiger partial charge in [-0.2, -0.15) is 0 Å². The van der Waals surface area contributed by atoms with Crippen LogP contribution in [-0.2, 0) is 9.47 Å². The zero-order chi connectivity index (χ0) is 17.2. The molecule has 4 aliphatic rings. The minimum atomic E-state index is -0.475. The van der Waals surface area contributed by atoms with Gasteiger partial charge in [0.15, 0.2) is 0 Å². The average molecular weight is 343 g/mol. The highest BCUT2D eigenvalue weighted by atomic mass is 16.6. The Morgan fingerprint density at radius 1 is 1.16 bits per heavy atom.